The van der Waals surface area contributed by atoms with E-state index < -0.39 is 0 Å². The van der Waals surface area contributed by atoms with Crippen molar-refractivity contribution in [3.63, 3.8) is 0 Å². The Balaban J connectivity index is 1.47. The molecule has 1 aliphatic rings. The lowest BCUT2D eigenvalue weighted by Crippen LogP contribution is -2.38. The SMILES string of the molecule is CNC(=O)c1ccc2c(c1)nc(-c1ccsc1)n2[C@@H]1CCC[C@H](NC(=O)c2ccc(Br)s2)C1. The number of hydrogen-bond donors (Lipinski definition) is 2. The average molecular weight is 544 g/mol. The molecule has 1 aromatic carbocycles. The fourth-order valence-electron chi connectivity index (χ4n) is 4.57. The summed E-state index contributed by atoms with van der Waals surface area (Å²) in [5.74, 6) is 0.781. The van der Waals surface area contributed by atoms with Crippen molar-refractivity contribution in [1.29, 1.82) is 0 Å². The van der Waals surface area contributed by atoms with Crippen LogP contribution in [0.3, 0.4) is 0 Å². The van der Waals surface area contributed by atoms with Gasteiger partial charge < -0.3 is 15.2 Å². The van der Waals surface area contributed by atoms with Crippen LogP contribution in [0.15, 0.2) is 50.9 Å². The van der Waals surface area contributed by atoms with E-state index in [0.717, 1.165) is 56.8 Å². The molecule has 0 spiro atoms. The van der Waals surface area contributed by atoms with Crippen LogP contribution in [0.5, 0.6) is 0 Å². The Morgan fingerprint density at radius 1 is 1.15 bits per heavy atom. The summed E-state index contributed by atoms with van der Waals surface area (Å²) < 4.78 is 3.26. The molecule has 1 aliphatic carbocycles. The van der Waals surface area contributed by atoms with Crippen LogP contribution in [-0.2, 0) is 0 Å². The van der Waals surface area contributed by atoms with Gasteiger partial charge in [-0.1, -0.05) is 0 Å². The molecule has 5 rings (SSSR count). The van der Waals surface area contributed by atoms with Crippen molar-refractivity contribution in [2.24, 2.45) is 0 Å². The van der Waals surface area contributed by atoms with Crippen LogP contribution in [0, 0.1) is 0 Å². The number of amides is 2. The van der Waals surface area contributed by atoms with E-state index in [-0.39, 0.29) is 23.9 Å². The van der Waals surface area contributed by atoms with Crippen LogP contribution in [-0.4, -0.2) is 34.5 Å². The van der Waals surface area contributed by atoms with E-state index in [9.17, 15) is 9.59 Å². The highest BCUT2D eigenvalue weighted by atomic mass is 79.9. The molecule has 1 saturated carbocycles. The molecule has 0 unspecified atom stereocenters. The van der Waals surface area contributed by atoms with Gasteiger partial charge >= 0.3 is 0 Å². The number of benzene rings is 1. The molecular formula is C24H23BrN4O2S2. The van der Waals surface area contributed by atoms with E-state index in [0.29, 0.717) is 5.56 Å². The molecule has 2 atom stereocenters. The van der Waals surface area contributed by atoms with Crippen LogP contribution in [0.25, 0.3) is 22.4 Å². The topological polar surface area (TPSA) is 76.0 Å². The number of halogens is 1. The summed E-state index contributed by atoms with van der Waals surface area (Å²) in [6, 6.07) is 11.9. The predicted octanol–water partition coefficient (Wildman–Crippen LogP) is 5.86. The molecule has 4 aromatic rings. The van der Waals surface area contributed by atoms with Gasteiger partial charge in [0, 0.05) is 35.6 Å². The Kier molecular flexibility index (Phi) is 6.36. The second-order valence-corrected chi connectivity index (χ2v) is 11.4. The molecule has 0 saturated heterocycles. The van der Waals surface area contributed by atoms with Crippen molar-refractivity contribution in [3.8, 4) is 11.4 Å². The maximum Gasteiger partial charge on any atom is 0.261 e. The highest BCUT2D eigenvalue weighted by Gasteiger charge is 2.28. The number of thiophene rings is 2. The fraction of sp³-hybridized carbons (Fsp3) is 0.292. The third-order valence-electron chi connectivity index (χ3n) is 6.10. The summed E-state index contributed by atoms with van der Waals surface area (Å²) in [4.78, 5) is 30.6. The molecule has 170 valence electrons. The molecule has 9 heteroatoms. The summed E-state index contributed by atoms with van der Waals surface area (Å²) in [5.41, 5.74) is 3.50. The zero-order valence-electron chi connectivity index (χ0n) is 18.0. The second-order valence-electron chi connectivity index (χ2n) is 8.19. The van der Waals surface area contributed by atoms with E-state index in [2.05, 4.69) is 48.0 Å². The fourth-order valence-corrected chi connectivity index (χ4v) is 6.50. The van der Waals surface area contributed by atoms with Crippen LogP contribution in [0.1, 0.15) is 51.8 Å². The summed E-state index contributed by atoms with van der Waals surface area (Å²) in [5, 5.41) is 10.1. The molecule has 0 bridgehead atoms. The van der Waals surface area contributed by atoms with Crippen molar-refractivity contribution in [3.05, 3.63) is 61.4 Å². The number of fused-ring (bicyclic) bond motifs is 1. The van der Waals surface area contributed by atoms with E-state index >= 15 is 0 Å². The average Bonchev–Trinajstić information content (AvgIpc) is 3.57. The minimum Gasteiger partial charge on any atom is -0.355 e. The lowest BCUT2D eigenvalue weighted by Gasteiger charge is -2.32. The molecular weight excluding hydrogens is 520 g/mol. The first-order valence-corrected chi connectivity index (χ1v) is 13.4. The van der Waals surface area contributed by atoms with Gasteiger partial charge in [0.2, 0.25) is 0 Å². The Bertz CT molecular complexity index is 1310. The Labute approximate surface area is 208 Å². The molecule has 3 heterocycles. The second kappa shape index (κ2) is 9.40. The molecule has 0 radical (unpaired) electrons. The summed E-state index contributed by atoms with van der Waals surface area (Å²) in [7, 11) is 1.63. The zero-order valence-corrected chi connectivity index (χ0v) is 21.2. The molecule has 2 amide bonds. The number of imidazole rings is 1. The van der Waals surface area contributed by atoms with Gasteiger partial charge in [0.1, 0.15) is 5.82 Å². The maximum atomic E-state index is 12.7. The lowest BCUT2D eigenvalue weighted by atomic mass is 9.90. The van der Waals surface area contributed by atoms with E-state index in [1.807, 2.05) is 30.3 Å². The van der Waals surface area contributed by atoms with Gasteiger partial charge in [-0.3, -0.25) is 9.59 Å². The molecule has 1 fully saturated rings. The predicted molar refractivity (Wildman–Crippen MR) is 137 cm³/mol. The largest absolute Gasteiger partial charge is 0.355 e. The molecule has 33 heavy (non-hydrogen) atoms. The summed E-state index contributed by atoms with van der Waals surface area (Å²) >= 11 is 6.53. The van der Waals surface area contributed by atoms with Crippen LogP contribution in [0.4, 0.5) is 0 Å². The number of nitrogens with zero attached hydrogens (tertiary/aromatic N) is 2. The van der Waals surface area contributed by atoms with E-state index in [1.54, 1.807) is 18.4 Å². The number of nitrogens with one attached hydrogen (secondary N) is 2. The standard InChI is InChI=1S/C24H23BrN4O2S2/c1-26-23(30)14-5-6-19-18(11-14)28-22(15-9-10-32-13-15)29(19)17-4-2-3-16(12-17)27-24(31)20-7-8-21(25)33-20/h5-11,13,16-17H,2-4,12H2,1H3,(H,26,30)(H,27,31)/t16-,17+/m0/s1. The molecule has 6 nitrogen and oxygen atoms in total. The van der Waals surface area contributed by atoms with Gasteiger partial charge in [0.05, 0.1) is 19.7 Å². The van der Waals surface area contributed by atoms with Gasteiger partial charge in [-0.05, 0) is 83.4 Å². The highest BCUT2D eigenvalue weighted by Crippen LogP contribution is 2.37. The number of carbonyl (C=O) groups excluding carboxylic acids is 2. The Hall–Kier alpha value is -2.49. The minimum absolute atomic E-state index is 0.0138. The number of rotatable bonds is 5. The van der Waals surface area contributed by atoms with E-state index in [1.165, 1.54) is 11.3 Å². The van der Waals surface area contributed by atoms with Crippen LogP contribution >= 0.6 is 38.6 Å². The van der Waals surface area contributed by atoms with Crippen molar-refractivity contribution >= 4 is 61.5 Å². The van der Waals surface area contributed by atoms with Gasteiger partial charge in [0.25, 0.3) is 11.8 Å². The van der Waals surface area contributed by atoms with Crippen LogP contribution < -0.4 is 10.6 Å². The first kappa shape index (κ1) is 22.3. The van der Waals surface area contributed by atoms with Gasteiger partial charge in [-0.2, -0.15) is 11.3 Å². The smallest absolute Gasteiger partial charge is 0.261 e. The number of aromatic nitrogens is 2. The maximum absolute atomic E-state index is 12.7. The van der Waals surface area contributed by atoms with Gasteiger partial charge in [-0.25, -0.2) is 4.98 Å². The first-order chi connectivity index (χ1) is 16.0. The Morgan fingerprint density at radius 2 is 2.03 bits per heavy atom. The zero-order chi connectivity index (χ0) is 22.9. The minimum atomic E-state index is -0.121. The first-order valence-electron chi connectivity index (χ1n) is 10.9. The van der Waals surface area contributed by atoms with Crippen molar-refractivity contribution < 1.29 is 9.59 Å². The van der Waals surface area contributed by atoms with Gasteiger partial charge in [0.15, 0.2) is 0 Å². The van der Waals surface area contributed by atoms with E-state index in [4.69, 9.17) is 4.98 Å². The molecule has 0 aliphatic heterocycles. The molecule has 3 aromatic heterocycles. The van der Waals surface area contributed by atoms with Crippen LogP contribution in [0.2, 0.25) is 0 Å². The van der Waals surface area contributed by atoms with Crippen molar-refractivity contribution in [2.75, 3.05) is 7.05 Å². The van der Waals surface area contributed by atoms with Gasteiger partial charge in [-0.15, -0.1) is 11.3 Å². The Morgan fingerprint density at radius 3 is 2.76 bits per heavy atom. The van der Waals surface area contributed by atoms with Crippen molar-refractivity contribution in [2.45, 2.75) is 37.8 Å². The number of hydrogen-bond acceptors (Lipinski definition) is 5. The normalized spacial score (nSPS) is 18.4. The summed E-state index contributed by atoms with van der Waals surface area (Å²) in [6.45, 7) is 0. The quantitative estimate of drug-likeness (QED) is 0.331. The highest BCUT2D eigenvalue weighted by molar-refractivity contribution is 9.11. The third kappa shape index (κ3) is 4.49. The third-order valence-corrected chi connectivity index (χ3v) is 8.41. The molecule has 2 N–H and O–H groups in total. The monoisotopic (exact) mass is 542 g/mol. The van der Waals surface area contributed by atoms with Crippen molar-refractivity contribution in [1.82, 2.24) is 20.2 Å². The summed E-state index contributed by atoms with van der Waals surface area (Å²) in [6.07, 6.45) is 3.87. The number of carbonyl (C=O) groups is 2. The lowest BCUT2D eigenvalue weighted by molar-refractivity contribution is 0.0923.